The Kier molecular flexibility index (Phi) is 3.68. The zero-order valence-corrected chi connectivity index (χ0v) is 13.3. The average molecular weight is 346 g/mol. The molecular weight excluding hydrogens is 330 g/mol. The van der Waals surface area contributed by atoms with Gasteiger partial charge in [0, 0.05) is 6.20 Å². The lowest BCUT2D eigenvalue weighted by molar-refractivity contribution is -0.123. The Morgan fingerprint density at radius 2 is 1.95 bits per heavy atom. The third-order valence-electron chi connectivity index (χ3n) is 3.84. The number of benzene rings is 1. The lowest BCUT2D eigenvalue weighted by Crippen LogP contribution is -2.38. The maximum Gasteiger partial charge on any atom is 0.248 e. The van der Waals surface area contributed by atoms with Gasteiger partial charge >= 0.3 is 0 Å². The van der Waals surface area contributed by atoms with Crippen LogP contribution < -0.4 is 10.9 Å². The van der Waals surface area contributed by atoms with E-state index in [9.17, 15) is 4.79 Å². The molecule has 1 aliphatic carbocycles. The molecule has 3 rings (SSSR count). The van der Waals surface area contributed by atoms with E-state index < -0.39 is 0 Å². The number of aromatic nitrogens is 1. The van der Waals surface area contributed by atoms with Crippen molar-refractivity contribution in [2.24, 2.45) is 0 Å². The Hall–Kier alpha value is -1.88. The van der Waals surface area contributed by atoms with Crippen LogP contribution in [0.4, 0.5) is 5.82 Å². The summed E-state index contributed by atoms with van der Waals surface area (Å²) in [4.78, 5) is 16.6. The van der Waals surface area contributed by atoms with E-state index in [4.69, 9.17) is 0 Å². The Morgan fingerprint density at radius 1 is 1.24 bits per heavy atom. The fourth-order valence-electron chi connectivity index (χ4n) is 2.36. The number of halogens is 1. The van der Waals surface area contributed by atoms with Crippen LogP contribution in [0, 0.1) is 6.92 Å². The van der Waals surface area contributed by atoms with Gasteiger partial charge in [0.05, 0.1) is 9.89 Å². The predicted octanol–water partition coefficient (Wildman–Crippen LogP) is 3.33. The number of nitrogens with one attached hydrogen (secondary N) is 2. The summed E-state index contributed by atoms with van der Waals surface area (Å²) in [5.74, 6) is 0.592. The first-order valence-electron chi connectivity index (χ1n) is 6.86. The largest absolute Gasteiger partial charge is 0.281 e. The summed E-state index contributed by atoms with van der Waals surface area (Å²) in [7, 11) is 0. The molecule has 4 nitrogen and oxygen atoms in total. The van der Waals surface area contributed by atoms with Crippen molar-refractivity contribution in [3.05, 3.63) is 58.2 Å². The number of amides is 1. The van der Waals surface area contributed by atoms with Crippen LogP contribution in [0.2, 0.25) is 0 Å². The summed E-state index contributed by atoms with van der Waals surface area (Å²) in [5.41, 5.74) is 7.55. The zero-order valence-electron chi connectivity index (χ0n) is 11.7. The van der Waals surface area contributed by atoms with Crippen LogP contribution in [-0.2, 0) is 10.2 Å². The van der Waals surface area contributed by atoms with E-state index in [1.54, 1.807) is 6.20 Å². The third kappa shape index (κ3) is 2.78. The van der Waals surface area contributed by atoms with Crippen molar-refractivity contribution in [1.29, 1.82) is 0 Å². The normalized spacial score (nSPS) is 15.3. The van der Waals surface area contributed by atoms with E-state index in [2.05, 4.69) is 31.8 Å². The molecular formula is C16H16BrN3O. The molecule has 5 heteroatoms. The van der Waals surface area contributed by atoms with Gasteiger partial charge in [-0.1, -0.05) is 29.8 Å². The van der Waals surface area contributed by atoms with E-state index in [-0.39, 0.29) is 11.3 Å². The van der Waals surface area contributed by atoms with Crippen molar-refractivity contribution < 1.29 is 4.79 Å². The van der Waals surface area contributed by atoms with E-state index in [1.165, 1.54) is 5.56 Å². The summed E-state index contributed by atoms with van der Waals surface area (Å²) in [5, 5.41) is 0. The monoisotopic (exact) mass is 345 g/mol. The van der Waals surface area contributed by atoms with Gasteiger partial charge in [0.25, 0.3) is 0 Å². The van der Waals surface area contributed by atoms with Gasteiger partial charge in [-0.3, -0.25) is 15.6 Å². The van der Waals surface area contributed by atoms with Crippen LogP contribution in [0.1, 0.15) is 24.0 Å². The first-order chi connectivity index (χ1) is 10.1. The van der Waals surface area contributed by atoms with Crippen LogP contribution in [0.3, 0.4) is 0 Å². The Bertz CT molecular complexity index is 665. The molecule has 1 aromatic heterocycles. The Morgan fingerprint density at radius 3 is 2.57 bits per heavy atom. The Labute approximate surface area is 132 Å². The number of hydrazine groups is 1. The van der Waals surface area contributed by atoms with Crippen molar-refractivity contribution in [3.8, 4) is 0 Å². The first-order valence-corrected chi connectivity index (χ1v) is 7.65. The number of aryl methyl sites for hydroxylation is 1. The maximum atomic E-state index is 12.5. The van der Waals surface area contributed by atoms with Gasteiger partial charge in [-0.25, -0.2) is 4.98 Å². The van der Waals surface area contributed by atoms with Crippen LogP contribution >= 0.6 is 15.9 Å². The van der Waals surface area contributed by atoms with Crippen LogP contribution in [-0.4, -0.2) is 10.9 Å². The minimum Gasteiger partial charge on any atom is -0.281 e. The molecule has 0 radical (unpaired) electrons. The van der Waals surface area contributed by atoms with Crippen molar-refractivity contribution in [3.63, 3.8) is 0 Å². The molecule has 2 aromatic rings. The highest BCUT2D eigenvalue weighted by Crippen LogP contribution is 2.48. The second kappa shape index (κ2) is 5.48. The number of carbonyl (C=O) groups is 1. The van der Waals surface area contributed by atoms with Gasteiger partial charge in [-0.15, -0.1) is 0 Å². The van der Waals surface area contributed by atoms with Crippen LogP contribution in [0.15, 0.2) is 47.1 Å². The number of hydrogen-bond acceptors (Lipinski definition) is 3. The number of pyridine rings is 1. The molecule has 108 valence electrons. The number of rotatable bonds is 4. The molecule has 1 aliphatic rings. The number of carbonyl (C=O) groups excluding carboxylic acids is 1. The number of nitrogens with zero attached hydrogens (tertiary/aromatic N) is 1. The van der Waals surface area contributed by atoms with Gasteiger partial charge in [0.1, 0.15) is 0 Å². The SMILES string of the molecule is Cc1ccc(C2(C(=O)NNc3ncccc3Br)CC2)cc1. The average Bonchev–Trinajstić information content (AvgIpc) is 3.28. The van der Waals surface area contributed by atoms with Crippen molar-refractivity contribution >= 4 is 27.7 Å². The van der Waals surface area contributed by atoms with E-state index in [0.717, 1.165) is 22.9 Å². The van der Waals surface area contributed by atoms with Gasteiger partial charge in [0.2, 0.25) is 5.91 Å². The van der Waals surface area contributed by atoms with Gasteiger partial charge < -0.3 is 0 Å². The molecule has 1 amide bonds. The molecule has 1 heterocycles. The molecule has 1 aromatic carbocycles. The minimum absolute atomic E-state index is 0.0103. The third-order valence-corrected chi connectivity index (χ3v) is 4.48. The highest BCUT2D eigenvalue weighted by Gasteiger charge is 2.51. The van der Waals surface area contributed by atoms with E-state index >= 15 is 0 Å². The lowest BCUT2D eigenvalue weighted by Gasteiger charge is -2.17. The summed E-state index contributed by atoms with van der Waals surface area (Å²) in [6.45, 7) is 2.05. The first kappa shape index (κ1) is 14.1. The minimum atomic E-state index is -0.387. The van der Waals surface area contributed by atoms with Crippen molar-refractivity contribution in [2.75, 3.05) is 5.43 Å². The zero-order chi connectivity index (χ0) is 14.9. The van der Waals surface area contributed by atoms with E-state index in [0.29, 0.717) is 5.82 Å². The Balaban J connectivity index is 1.71. The molecule has 0 bridgehead atoms. The number of anilines is 1. The molecule has 0 atom stereocenters. The lowest BCUT2D eigenvalue weighted by atomic mass is 9.94. The van der Waals surface area contributed by atoms with Crippen LogP contribution in [0.5, 0.6) is 0 Å². The summed E-state index contributed by atoms with van der Waals surface area (Å²) in [6.07, 6.45) is 3.44. The molecule has 21 heavy (non-hydrogen) atoms. The van der Waals surface area contributed by atoms with E-state index in [1.807, 2.05) is 43.3 Å². The molecule has 0 aliphatic heterocycles. The van der Waals surface area contributed by atoms with Gasteiger partial charge in [-0.2, -0.15) is 0 Å². The summed E-state index contributed by atoms with van der Waals surface area (Å²) < 4.78 is 0.811. The fraction of sp³-hybridized carbons (Fsp3) is 0.250. The molecule has 0 saturated heterocycles. The van der Waals surface area contributed by atoms with Crippen molar-refractivity contribution in [1.82, 2.24) is 10.4 Å². The standard InChI is InChI=1S/C16H16BrN3O/c1-11-4-6-12(7-5-11)16(8-9-16)15(21)20-19-14-13(17)3-2-10-18-14/h2-7,10H,8-9H2,1H3,(H,18,19)(H,20,21). The smallest absolute Gasteiger partial charge is 0.248 e. The fourth-order valence-corrected chi connectivity index (χ4v) is 2.71. The molecule has 0 unspecified atom stereocenters. The predicted molar refractivity (Wildman–Crippen MR) is 85.8 cm³/mol. The van der Waals surface area contributed by atoms with Crippen LogP contribution in [0.25, 0.3) is 0 Å². The summed E-state index contributed by atoms with van der Waals surface area (Å²) >= 11 is 3.39. The molecule has 0 spiro atoms. The second-order valence-electron chi connectivity index (χ2n) is 5.36. The quantitative estimate of drug-likeness (QED) is 0.835. The van der Waals surface area contributed by atoms with Crippen molar-refractivity contribution in [2.45, 2.75) is 25.2 Å². The second-order valence-corrected chi connectivity index (χ2v) is 6.22. The number of hydrogen-bond donors (Lipinski definition) is 2. The molecule has 1 fully saturated rings. The molecule has 2 N–H and O–H groups in total. The highest BCUT2D eigenvalue weighted by molar-refractivity contribution is 9.10. The van der Waals surface area contributed by atoms with Gasteiger partial charge in [-0.05, 0) is 53.4 Å². The molecule has 1 saturated carbocycles. The summed E-state index contributed by atoms with van der Waals surface area (Å²) in [6, 6.07) is 11.9. The van der Waals surface area contributed by atoms with Gasteiger partial charge in [0.15, 0.2) is 5.82 Å². The highest BCUT2D eigenvalue weighted by atomic mass is 79.9. The topological polar surface area (TPSA) is 54.0 Å². The maximum absolute atomic E-state index is 12.5.